The van der Waals surface area contributed by atoms with Gasteiger partial charge < -0.3 is 15.4 Å². The van der Waals surface area contributed by atoms with Crippen LogP contribution in [0.3, 0.4) is 0 Å². The van der Waals surface area contributed by atoms with Crippen molar-refractivity contribution >= 4 is 15.8 Å². The molecule has 1 atom stereocenters. The molecule has 2 fully saturated rings. The van der Waals surface area contributed by atoms with Crippen LogP contribution < -0.4 is 10.6 Å². The maximum Gasteiger partial charge on any atom is 0.190 e. The number of hydrogen-bond donors (Lipinski definition) is 2. The summed E-state index contributed by atoms with van der Waals surface area (Å²) in [5.41, 5.74) is 0. The van der Waals surface area contributed by atoms with Crippen molar-refractivity contribution in [3.63, 3.8) is 0 Å². The Labute approximate surface area is 127 Å². The molecule has 1 unspecified atom stereocenters. The molecule has 2 N–H and O–H groups in total. The normalized spacial score (nSPS) is 25.0. The van der Waals surface area contributed by atoms with Crippen molar-refractivity contribution in [2.75, 3.05) is 44.9 Å². The number of guanidine groups is 1. The lowest BCUT2D eigenvalue weighted by molar-refractivity contribution is 0.123. The molecule has 0 amide bonds. The topological polar surface area (TPSA) is 79.8 Å². The second-order valence-corrected chi connectivity index (χ2v) is 8.25. The summed E-state index contributed by atoms with van der Waals surface area (Å²) in [7, 11) is -1.07. The van der Waals surface area contributed by atoms with E-state index in [1.54, 1.807) is 7.05 Å². The van der Waals surface area contributed by atoms with E-state index in [0.29, 0.717) is 18.1 Å². The SMILES string of the molecule is CN=C(NCCCOCC1CC1)NCC1CCS(=O)(=O)C1. The Morgan fingerprint density at radius 1 is 1.24 bits per heavy atom. The van der Waals surface area contributed by atoms with Crippen molar-refractivity contribution in [3.05, 3.63) is 0 Å². The van der Waals surface area contributed by atoms with Gasteiger partial charge in [-0.05, 0) is 37.5 Å². The van der Waals surface area contributed by atoms with Gasteiger partial charge in [0.05, 0.1) is 11.5 Å². The third-order valence-corrected chi connectivity index (χ3v) is 5.75. The van der Waals surface area contributed by atoms with Gasteiger partial charge in [-0.2, -0.15) is 0 Å². The number of aliphatic imine (C=N–C) groups is 1. The largest absolute Gasteiger partial charge is 0.381 e. The molecule has 0 aromatic carbocycles. The molecule has 0 aromatic rings. The lowest BCUT2D eigenvalue weighted by atomic mass is 10.1. The van der Waals surface area contributed by atoms with Crippen LogP contribution in [0.1, 0.15) is 25.7 Å². The molecule has 1 saturated carbocycles. The highest BCUT2D eigenvalue weighted by Crippen LogP contribution is 2.28. The monoisotopic (exact) mass is 317 g/mol. The highest BCUT2D eigenvalue weighted by Gasteiger charge is 2.27. The van der Waals surface area contributed by atoms with E-state index in [2.05, 4.69) is 15.6 Å². The molecule has 0 radical (unpaired) electrons. The molecule has 21 heavy (non-hydrogen) atoms. The second-order valence-electron chi connectivity index (χ2n) is 6.02. The molecule has 122 valence electrons. The Hall–Kier alpha value is -0.820. The molecule has 0 spiro atoms. The van der Waals surface area contributed by atoms with Crippen LogP contribution in [0.2, 0.25) is 0 Å². The molecule has 1 aliphatic heterocycles. The maximum absolute atomic E-state index is 11.4. The number of rotatable bonds is 8. The molecular weight excluding hydrogens is 290 g/mol. The van der Waals surface area contributed by atoms with Gasteiger partial charge in [0, 0.05) is 33.4 Å². The first-order chi connectivity index (χ1) is 10.1. The van der Waals surface area contributed by atoms with Crippen LogP contribution in [0.5, 0.6) is 0 Å². The second kappa shape index (κ2) is 7.98. The van der Waals surface area contributed by atoms with E-state index in [9.17, 15) is 8.42 Å². The number of hydrogen-bond acceptors (Lipinski definition) is 4. The minimum absolute atomic E-state index is 0.204. The minimum Gasteiger partial charge on any atom is -0.381 e. The number of nitrogens with zero attached hydrogens (tertiary/aromatic N) is 1. The smallest absolute Gasteiger partial charge is 0.190 e. The van der Waals surface area contributed by atoms with Crippen molar-refractivity contribution < 1.29 is 13.2 Å². The third-order valence-electron chi connectivity index (χ3n) is 3.92. The summed E-state index contributed by atoms with van der Waals surface area (Å²) in [6.45, 7) is 3.16. The van der Waals surface area contributed by atoms with Gasteiger partial charge in [-0.1, -0.05) is 0 Å². The molecule has 0 aromatic heterocycles. The van der Waals surface area contributed by atoms with E-state index in [-0.39, 0.29) is 5.92 Å². The number of ether oxygens (including phenoxy) is 1. The Bertz CT molecular complexity index is 446. The summed E-state index contributed by atoms with van der Waals surface area (Å²) in [4.78, 5) is 4.15. The number of nitrogens with one attached hydrogen (secondary N) is 2. The Kier molecular flexibility index (Phi) is 6.29. The van der Waals surface area contributed by atoms with Gasteiger partial charge in [0.2, 0.25) is 0 Å². The Morgan fingerprint density at radius 2 is 2.05 bits per heavy atom. The first-order valence-corrected chi connectivity index (χ1v) is 9.64. The minimum atomic E-state index is -2.80. The van der Waals surface area contributed by atoms with Crippen LogP contribution in [0.4, 0.5) is 0 Å². The fourth-order valence-electron chi connectivity index (χ4n) is 2.41. The van der Waals surface area contributed by atoms with Gasteiger partial charge in [0.15, 0.2) is 15.8 Å². The summed E-state index contributed by atoms with van der Waals surface area (Å²) < 4.78 is 28.4. The average molecular weight is 317 g/mol. The van der Waals surface area contributed by atoms with Gasteiger partial charge >= 0.3 is 0 Å². The fourth-order valence-corrected chi connectivity index (χ4v) is 4.27. The molecule has 2 aliphatic rings. The molecule has 1 saturated heterocycles. The molecule has 2 rings (SSSR count). The lowest BCUT2D eigenvalue weighted by Gasteiger charge is -2.14. The first kappa shape index (κ1) is 16.5. The molecular formula is C14H27N3O3S. The van der Waals surface area contributed by atoms with E-state index in [0.717, 1.165) is 44.5 Å². The molecule has 7 heteroatoms. The highest BCUT2D eigenvalue weighted by molar-refractivity contribution is 7.91. The maximum atomic E-state index is 11.4. The first-order valence-electron chi connectivity index (χ1n) is 7.82. The van der Waals surface area contributed by atoms with Crippen LogP contribution in [0.15, 0.2) is 4.99 Å². The van der Waals surface area contributed by atoms with Crippen LogP contribution in [0, 0.1) is 11.8 Å². The number of sulfone groups is 1. The molecule has 1 heterocycles. The van der Waals surface area contributed by atoms with E-state index in [1.807, 2.05) is 0 Å². The van der Waals surface area contributed by atoms with E-state index >= 15 is 0 Å². The van der Waals surface area contributed by atoms with Crippen molar-refractivity contribution in [2.45, 2.75) is 25.7 Å². The zero-order valence-corrected chi connectivity index (χ0v) is 13.6. The average Bonchev–Trinajstić information content (AvgIpc) is 3.20. The van der Waals surface area contributed by atoms with Crippen LogP contribution in [0.25, 0.3) is 0 Å². The predicted octanol–water partition coefficient (Wildman–Crippen LogP) is 0.403. The summed E-state index contributed by atoms with van der Waals surface area (Å²) >= 11 is 0. The van der Waals surface area contributed by atoms with Crippen molar-refractivity contribution in [1.82, 2.24) is 10.6 Å². The van der Waals surface area contributed by atoms with Gasteiger partial charge in [-0.3, -0.25) is 4.99 Å². The fraction of sp³-hybridized carbons (Fsp3) is 0.929. The van der Waals surface area contributed by atoms with Crippen molar-refractivity contribution in [2.24, 2.45) is 16.8 Å². The van der Waals surface area contributed by atoms with E-state index < -0.39 is 9.84 Å². The zero-order chi connectivity index (χ0) is 15.1. The summed E-state index contributed by atoms with van der Waals surface area (Å²) in [6.07, 6.45) is 4.35. The van der Waals surface area contributed by atoms with Crippen LogP contribution in [-0.4, -0.2) is 59.2 Å². The van der Waals surface area contributed by atoms with Crippen molar-refractivity contribution in [3.8, 4) is 0 Å². The standard InChI is InChI=1S/C14H27N3O3S/c1-15-14(16-6-2-7-20-10-12-3-4-12)17-9-13-5-8-21(18,19)11-13/h12-13H,2-11H2,1H3,(H2,15,16,17). The zero-order valence-electron chi connectivity index (χ0n) is 12.8. The molecule has 6 nitrogen and oxygen atoms in total. The summed E-state index contributed by atoms with van der Waals surface area (Å²) in [5, 5.41) is 6.43. The van der Waals surface area contributed by atoms with E-state index in [1.165, 1.54) is 12.8 Å². The van der Waals surface area contributed by atoms with Crippen LogP contribution in [-0.2, 0) is 14.6 Å². The van der Waals surface area contributed by atoms with E-state index in [4.69, 9.17) is 4.74 Å². The third kappa shape index (κ3) is 6.65. The Balaban J connectivity index is 1.51. The van der Waals surface area contributed by atoms with Gasteiger partial charge in [-0.25, -0.2) is 8.42 Å². The van der Waals surface area contributed by atoms with Gasteiger partial charge in [-0.15, -0.1) is 0 Å². The van der Waals surface area contributed by atoms with Crippen LogP contribution >= 0.6 is 0 Å². The van der Waals surface area contributed by atoms with Gasteiger partial charge in [0.1, 0.15) is 0 Å². The quantitative estimate of drug-likeness (QED) is 0.385. The summed E-state index contributed by atoms with van der Waals surface area (Å²) in [6, 6.07) is 0. The Morgan fingerprint density at radius 3 is 2.67 bits per heavy atom. The molecule has 1 aliphatic carbocycles. The molecule has 0 bridgehead atoms. The van der Waals surface area contributed by atoms with Crippen molar-refractivity contribution in [1.29, 1.82) is 0 Å². The summed E-state index contributed by atoms with van der Waals surface area (Å²) in [5.74, 6) is 2.38. The highest BCUT2D eigenvalue weighted by atomic mass is 32.2. The lowest BCUT2D eigenvalue weighted by Crippen LogP contribution is -2.40. The predicted molar refractivity (Wildman–Crippen MR) is 84.3 cm³/mol. The van der Waals surface area contributed by atoms with Gasteiger partial charge in [0.25, 0.3) is 0 Å².